The molecule has 2 aromatic rings. The third-order valence-corrected chi connectivity index (χ3v) is 4.11. The van der Waals surface area contributed by atoms with Gasteiger partial charge in [0.25, 0.3) is 5.91 Å². The van der Waals surface area contributed by atoms with Crippen molar-refractivity contribution in [3.63, 3.8) is 0 Å². The quantitative estimate of drug-likeness (QED) is 0.671. The van der Waals surface area contributed by atoms with E-state index in [0.29, 0.717) is 17.2 Å². The van der Waals surface area contributed by atoms with Crippen molar-refractivity contribution in [2.75, 3.05) is 19.0 Å². The van der Waals surface area contributed by atoms with E-state index >= 15 is 0 Å². The number of rotatable bonds is 7. The Morgan fingerprint density at radius 3 is 2.33 bits per heavy atom. The van der Waals surface area contributed by atoms with Gasteiger partial charge in [-0.3, -0.25) is 10.1 Å². The Labute approximate surface area is 175 Å². The van der Waals surface area contributed by atoms with E-state index in [4.69, 9.17) is 14.2 Å². The summed E-state index contributed by atoms with van der Waals surface area (Å²) in [6.45, 7) is 7.01. The molecule has 0 atom stereocenters. The Hall–Kier alpha value is -3.55. The molecule has 8 heteroatoms. The first-order chi connectivity index (χ1) is 14.2. The normalized spacial score (nSPS) is 10.3. The minimum atomic E-state index is -0.753. The monoisotopic (exact) mass is 414 g/mol. The molecule has 160 valence electrons. The highest BCUT2D eigenvalue weighted by Crippen LogP contribution is 2.29. The molecule has 2 rings (SSSR count). The molecule has 8 nitrogen and oxygen atoms in total. The van der Waals surface area contributed by atoms with Crippen LogP contribution in [-0.4, -0.2) is 37.7 Å². The molecule has 0 aromatic heterocycles. The molecule has 0 unspecified atom stereocenters. The van der Waals surface area contributed by atoms with Gasteiger partial charge in [-0.2, -0.15) is 0 Å². The minimum Gasteiger partial charge on any atom is -0.493 e. The standard InChI is InChI=1S/C22H26N2O6/c1-13(2)30-18-9-7-16(11-19(18)28-5)21(26)29-12-20(25)24-22(27)23-17-8-6-14(3)15(4)10-17/h6-11,13H,12H2,1-5H3,(H2,23,24,25,27). The van der Waals surface area contributed by atoms with Gasteiger partial charge in [0.2, 0.25) is 0 Å². The number of aryl methyl sites for hydroxylation is 2. The molecule has 2 aromatic carbocycles. The number of carbonyl (C=O) groups excluding carboxylic acids is 3. The molecule has 2 N–H and O–H groups in total. The average Bonchev–Trinajstić information content (AvgIpc) is 2.68. The lowest BCUT2D eigenvalue weighted by Gasteiger charge is -2.14. The second-order valence-electron chi connectivity index (χ2n) is 6.91. The minimum absolute atomic E-state index is 0.0598. The molecule has 0 aliphatic heterocycles. The lowest BCUT2D eigenvalue weighted by molar-refractivity contribution is -0.123. The highest BCUT2D eigenvalue weighted by atomic mass is 16.5. The van der Waals surface area contributed by atoms with Crippen molar-refractivity contribution >= 4 is 23.6 Å². The van der Waals surface area contributed by atoms with Crippen LogP contribution in [0.25, 0.3) is 0 Å². The van der Waals surface area contributed by atoms with Crippen LogP contribution in [0, 0.1) is 13.8 Å². The molecule has 0 saturated heterocycles. The van der Waals surface area contributed by atoms with Crippen LogP contribution in [-0.2, 0) is 9.53 Å². The Kier molecular flexibility index (Phi) is 7.80. The number of ether oxygens (including phenoxy) is 3. The molecule has 0 fully saturated rings. The van der Waals surface area contributed by atoms with Gasteiger partial charge in [-0.15, -0.1) is 0 Å². The van der Waals surface area contributed by atoms with Crippen molar-refractivity contribution < 1.29 is 28.6 Å². The third kappa shape index (κ3) is 6.51. The summed E-state index contributed by atoms with van der Waals surface area (Å²) < 4.78 is 15.8. The zero-order chi connectivity index (χ0) is 22.3. The zero-order valence-corrected chi connectivity index (χ0v) is 17.7. The number of nitrogens with one attached hydrogen (secondary N) is 2. The van der Waals surface area contributed by atoms with Gasteiger partial charge in [-0.1, -0.05) is 6.07 Å². The fourth-order valence-electron chi connectivity index (χ4n) is 2.50. The number of anilines is 1. The number of carbonyl (C=O) groups is 3. The number of urea groups is 1. The van der Waals surface area contributed by atoms with E-state index in [1.165, 1.54) is 19.2 Å². The van der Waals surface area contributed by atoms with Gasteiger partial charge in [0.1, 0.15) is 0 Å². The SMILES string of the molecule is COc1cc(C(=O)OCC(=O)NC(=O)Nc2ccc(C)c(C)c2)ccc1OC(C)C. The fourth-order valence-corrected chi connectivity index (χ4v) is 2.50. The Bertz CT molecular complexity index is 939. The van der Waals surface area contributed by atoms with Gasteiger partial charge in [-0.25, -0.2) is 9.59 Å². The van der Waals surface area contributed by atoms with Crippen molar-refractivity contribution in [2.45, 2.75) is 33.8 Å². The van der Waals surface area contributed by atoms with Crippen molar-refractivity contribution in [3.05, 3.63) is 53.1 Å². The summed E-state index contributed by atoms with van der Waals surface area (Å²) in [6, 6.07) is 9.23. The maximum atomic E-state index is 12.2. The maximum Gasteiger partial charge on any atom is 0.338 e. The molecule has 0 heterocycles. The van der Waals surface area contributed by atoms with Gasteiger partial charge in [0.15, 0.2) is 18.1 Å². The first kappa shape index (κ1) is 22.7. The van der Waals surface area contributed by atoms with Gasteiger partial charge in [-0.05, 0) is 69.2 Å². The Morgan fingerprint density at radius 2 is 1.70 bits per heavy atom. The van der Waals surface area contributed by atoms with Crippen LogP contribution in [0.1, 0.15) is 35.3 Å². The number of imide groups is 1. The topological polar surface area (TPSA) is 103 Å². The van der Waals surface area contributed by atoms with E-state index in [9.17, 15) is 14.4 Å². The van der Waals surface area contributed by atoms with Crippen LogP contribution in [0.2, 0.25) is 0 Å². The van der Waals surface area contributed by atoms with Crippen LogP contribution in [0.3, 0.4) is 0 Å². The van der Waals surface area contributed by atoms with E-state index in [1.54, 1.807) is 18.2 Å². The van der Waals surface area contributed by atoms with Crippen LogP contribution >= 0.6 is 0 Å². The first-order valence-corrected chi connectivity index (χ1v) is 9.39. The predicted octanol–water partition coefficient (Wildman–Crippen LogP) is 3.60. The molecule has 0 bridgehead atoms. The smallest absolute Gasteiger partial charge is 0.338 e. The summed E-state index contributed by atoms with van der Waals surface area (Å²) in [7, 11) is 1.46. The summed E-state index contributed by atoms with van der Waals surface area (Å²) in [6.07, 6.45) is -0.0598. The lowest BCUT2D eigenvalue weighted by atomic mass is 10.1. The molecule has 0 spiro atoms. The summed E-state index contributed by atoms with van der Waals surface area (Å²) in [5, 5.41) is 4.67. The highest BCUT2D eigenvalue weighted by molar-refractivity contribution is 6.02. The highest BCUT2D eigenvalue weighted by Gasteiger charge is 2.16. The number of methoxy groups -OCH3 is 1. The number of amides is 3. The number of benzene rings is 2. The van der Waals surface area contributed by atoms with Crippen molar-refractivity contribution in [3.8, 4) is 11.5 Å². The number of hydrogen-bond donors (Lipinski definition) is 2. The Morgan fingerprint density at radius 1 is 0.967 bits per heavy atom. The van der Waals surface area contributed by atoms with Crippen LogP contribution in [0.15, 0.2) is 36.4 Å². The summed E-state index contributed by atoms with van der Waals surface area (Å²) in [5.41, 5.74) is 2.84. The Balaban J connectivity index is 1.88. The maximum absolute atomic E-state index is 12.2. The molecule has 0 radical (unpaired) electrons. The second kappa shape index (κ2) is 10.3. The van der Waals surface area contributed by atoms with Crippen LogP contribution in [0.4, 0.5) is 10.5 Å². The van der Waals surface area contributed by atoms with Gasteiger partial charge in [0.05, 0.1) is 18.8 Å². The number of hydrogen-bond acceptors (Lipinski definition) is 6. The molecule has 0 saturated carbocycles. The molecule has 3 amide bonds. The van der Waals surface area contributed by atoms with Gasteiger partial charge < -0.3 is 19.5 Å². The molecule has 30 heavy (non-hydrogen) atoms. The summed E-state index contributed by atoms with van der Waals surface area (Å²) >= 11 is 0. The van der Waals surface area contributed by atoms with Crippen molar-refractivity contribution in [1.82, 2.24) is 5.32 Å². The van der Waals surface area contributed by atoms with E-state index < -0.39 is 24.5 Å². The van der Waals surface area contributed by atoms with E-state index in [2.05, 4.69) is 10.6 Å². The summed E-state index contributed by atoms with van der Waals surface area (Å²) in [5.74, 6) is -0.620. The number of esters is 1. The average molecular weight is 414 g/mol. The van der Waals surface area contributed by atoms with E-state index in [-0.39, 0.29) is 11.7 Å². The van der Waals surface area contributed by atoms with E-state index in [0.717, 1.165) is 11.1 Å². The molecular weight excluding hydrogens is 388 g/mol. The molecule has 0 aliphatic rings. The lowest BCUT2D eigenvalue weighted by Crippen LogP contribution is -2.37. The third-order valence-electron chi connectivity index (χ3n) is 4.11. The molecular formula is C22H26N2O6. The predicted molar refractivity (Wildman–Crippen MR) is 112 cm³/mol. The van der Waals surface area contributed by atoms with Crippen molar-refractivity contribution in [2.24, 2.45) is 0 Å². The molecule has 0 aliphatic carbocycles. The fraction of sp³-hybridized carbons (Fsp3) is 0.318. The first-order valence-electron chi connectivity index (χ1n) is 9.39. The van der Waals surface area contributed by atoms with Gasteiger partial charge >= 0.3 is 12.0 Å². The largest absolute Gasteiger partial charge is 0.493 e. The zero-order valence-electron chi connectivity index (χ0n) is 17.7. The second-order valence-corrected chi connectivity index (χ2v) is 6.91. The van der Waals surface area contributed by atoms with Crippen LogP contribution < -0.4 is 20.1 Å². The van der Waals surface area contributed by atoms with Gasteiger partial charge in [0, 0.05) is 5.69 Å². The van der Waals surface area contributed by atoms with Crippen molar-refractivity contribution in [1.29, 1.82) is 0 Å². The summed E-state index contributed by atoms with van der Waals surface area (Å²) in [4.78, 5) is 36.0. The van der Waals surface area contributed by atoms with E-state index in [1.807, 2.05) is 33.8 Å². The van der Waals surface area contributed by atoms with Crippen LogP contribution in [0.5, 0.6) is 11.5 Å².